The molecular formula is C12H17NO2. The van der Waals surface area contributed by atoms with Crippen molar-refractivity contribution in [1.82, 2.24) is 5.48 Å². The van der Waals surface area contributed by atoms with E-state index in [9.17, 15) is 4.79 Å². The van der Waals surface area contributed by atoms with E-state index in [1.165, 1.54) is 7.11 Å². The maximum Gasteiger partial charge on any atom is 0.275 e. The molecule has 0 bridgehead atoms. The number of hydroxylamine groups is 1. The molecule has 0 saturated carbocycles. The van der Waals surface area contributed by atoms with Crippen molar-refractivity contribution in [3.8, 4) is 0 Å². The number of carbonyl (C=O) groups is 1. The molecule has 0 aliphatic carbocycles. The Bertz CT molecular complexity index is 336. The molecule has 1 aromatic rings. The summed E-state index contributed by atoms with van der Waals surface area (Å²) in [6.07, 6.45) is 1.01. The van der Waals surface area contributed by atoms with E-state index >= 15 is 0 Å². The standard InChI is InChI=1S/C12H17NO2/c1-4-9(2)10-7-5-6-8-11(10)12(14)13-15-3/h5-9H,4H2,1-3H3,(H,13,14). The summed E-state index contributed by atoms with van der Waals surface area (Å²) in [5, 5.41) is 0. The highest BCUT2D eigenvalue weighted by Gasteiger charge is 2.13. The highest BCUT2D eigenvalue weighted by Crippen LogP contribution is 2.22. The van der Waals surface area contributed by atoms with Crippen LogP contribution in [0, 0.1) is 0 Å². The monoisotopic (exact) mass is 207 g/mol. The summed E-state index contributed by atoms with van der Waals surface area (Å²) in [6, 6.07) is 7.61. The Kier molecular flexibility index (Phi) is 4.31. The van der Waals surface area contributed by atoms with Crippen LogP contribution in [0.25, 0.3) is 0 Å². The Morgan fingerprint density at radius 2 is 2.13 bits per heavy atom. The van der Waals surface area contributed by atoms with E-state index < -0.39 is 0 Å². The van der Waals surface area contributed by atoms with Gasteiger partial charge in [-0.2, -0.15) is 0 Å². The van der Waals surface area contributed by atoms with Crippen LogP contribution in [0.15, 0.2) is 24.3 Å². The normalized spacial score (nSPS) is 12.2. The molecule has 3 nitrogen and oxygen atoms in total. The predicted molar refractivity (Wildman–Crippen MR) is 59.6 cm³/mol. The van der Waals surface area contributed by atoms with Crippen LogP contribution in [0.4, 0.5) is 0 Å². The molecule has 1 atom stereocenters. The molecule has 1 N–H and O–H groups in total. The van der Waals surface area contributed by atoms with Crippen molar-refractivity contribution in [2.24, 2.45) is 0 Å². The van der Waals surface area contributed by atoms with Crippen molar-refractivity contribution in [3.05, 3.63) is 35.4 Å². The maximum absolute atomic E-state index is 11.6. The first-order valence-electron chi connectivity index (χ1n) is 5.13. The molecule has 0 spiro atoms. The van der Waals surface area contributed by atoms with Gasteiger partial charge in [-0.05, 0) is 24.0 Å². The van der Waals surface area contributed by atoms with E-state index in [-0.39, 0.29) is 5.91 Å². The summed E-state index contributed by atoms with van der Waals surface area (Å²) in [7, 11) is 1.43. The van der Waals surface area contributed by atoms with Crippen LogP contribution in [0.5, 0.6) is 0 Å². The fourth-order valence-corrected chi connectivity index (χ4v) is 1.50. The Labute approximate surface area is 90.4 Å². The van der Waals surface area contributed by atoms with Crippen LogP contribution >= 0.6 is 0 Å². The van der Waals surface area contributed by atoms with Gasteiger partial charge in [0, 0.05) is 5.56 Å². The lowest BCUT2D eigenvalue weighted by Crippen LogP contribution is -2.23. The van der Waals surface area contributed by atoms with Crippen molar-refractivity contribution < 1.29 is 9.63 Å². The van der Waals surface area contributed by atoms with E-state index in [0.29, 0.717) is 11.5 Å². The van der Waals surface area contributed by atoms with Crippen LogP contribution in [-0.4, -0.2) is 13.0 Å². The minimum atomic E-state index is -0.187. The third-order valence-corrected chi connectivity index (χ3v) is 2.54. The molecule has 15 heavy (non-hydrogen) atoms. The third-order valence-electron chi connectivity index (χ3n) is 2.54. The number of benzene rings is 1. The summed E-state index contributed by atoms with van der Waals surface area (Å²) >= 11 is 0. The second-order valence-corrected chi connectivity index (χ2v) is 3.53. The van der Waals surface area contributed by atoms with Gasteiger partial charge in [-0.15, -0.1) is 0 Å². The number of amides is 1. The van der Waals surface area contributed by atoms with E-state index in [0.717, 1.165) is 12.0 Å². The Balaban J connectivity index is 3.00. The average molecular weight is 207 g/mol. The van der Waals surface area contributed by atoms with Crippen molar-refractivity contribution in [3.63, 3.8) is 0 Å². The largest absolute Gasteiger partial charge is 0.277 e. The smallest absolute Gasteiger partial charge is 0.275 e. The summed E-state index contributed by atoms with van der Waals surface area (Å²) in [5.41, 5.74) is 4.10. The molecule has 3 heteroatoms. The molecule has 1 aromatic carbocycles. The zero-order valence-corrected chi connectivity index (χ0v) is 9.41. The number of hydrogen-bond donors (Lipinski definition) is 1. The van der Waals surface area contributed by atoms with Gasteiger partial charge in [0.25, 0.3) is 5.91 Å². The molecule has 82 valence electrons. The Hall–Kier alpha value is -1.35. The van der Waals surface area contributed by atoms with Crippen molar-refractivity contribution >= 4 is 5.91 Å². The van der Waals surface area contributed by atoms with Gasteiger partial charge in [0.1, 0.15) is 0 Å². The average Bonchev–Trinajstić information content (AvgIpc) is 2.28. The summed E-state index contributed by atoms with van der Waals surface area (Å²) in [4.78, 5) is 16.3. The maximum atomic E-state index is 11.6. The zero-order valence-electron chi connectivity index (χ0n) is 9.41. The summed E-state index contributed by atoms with van der Waals surface area (Å²) in [5.74, 6) is 0.192. The highest BCUT2D eigenvalue weighted by atomic mass is 16.6. The molecule has 0 aliphatic heterocycles. The fourth-order valence-electron chi connectivity index (χ4n) is 1.50. The molecule has 0 saturated heterocycles. The molecule has 0 aromatic heterocycles. The van der Waals surface area contributed by atoms with Crippen LogP contribution < -0.4 is 5.48 Å². The Morgan fingerprint density at radius 3 is 2.73 bits per heavy atom. The molecule has 0 aliphatic rings. The second-order valence-electron chi connectivity index (χ2n) is 3.53. The van der Waals surface area contributed by atoms with Gasteiger partial charge in [0.05, 0.1) is 7.11 Å². The molecule has 0 radical (unpaired) electrons. The number of hydrogen-bond acceptors (Lipinski definition) is 2. The quantitative estimate of drug-likeness (QED) is 0.770. The van der Waals surface area contributed by atoms with E-state index in [1.54, 1.807) is 0 Å². The lowest BCUT2D eigenvalue weighted by atomic mass is 9.93. The Morgan fingerprint density at radius 1 is 1.47 bits per heavy atom. The van der Waals surface area contributed by atoms with Gasteiger partial charge >= 0.3 is 0 Å². The molecular weight excluding hydrogens is 190 g/mol. The number of carbonyl (C=O) groups excluding carboxylic acids is 1. The molecule has 0 fully saturated rings. The van der Waals surface area contributed by atoms with Gasteiger partial charge in [-0.25, -0.2) is 5.48 Å². The lowest BCUT2D eigenvalue weighted by molar-refractivity contribution is 0.0536. The predicted octanol–water partition coefficient (Wildman–Crippen LogP) is 2.49. The van der Waals surface area contributed by atoms with Crippen LogP contribution in [0.2, 0.25) is 0 Å². The summed E-state index contributed by atoms with van der Waals surface area (Å²) < 4.78 is 0. The van der Waals surface area contributed by atoms with E-state index in [2.05, 4.69) is 24.2 Å². The zero-order chi connectivity index (χ0) is 11.3. The number of rotatable bonds is 4. The molecule has 1 rings (SSSR count). The third kappa shape index (κ3) is 2.80. The topological polar surface area (TPSA) is 38.3 Å². The van der Waals surface area contributed by atoms with Crippen molar-refractivity contribution in [2.45, 2.75) is 26.2 Å². The first-order chi connectivity index (χ1) is 7.20. The van der Waals surface area contributed by atoms with Gasteiger partial charge in [-0.3, -0.25) is 9.63 Å². The molecule has 1 unspecified atom stereocenters. The van der Waals surface area contributed by atoms with Gasteiger partial charge in [0.15, 0.2) is 0 Å². The van der Waals surface area contributed by atoms with Crippen molar-refractivity contribution in [1.29, 1.82) is 0 Å². The van der Waals surface area contributed by atoms with E-state index in [1.807, 2.05) is 24.3 Å². The minimum absolute atomic E-state index is 0.187. The van der Waals surface area contributed by atoms with Crippen LogP contribution in [0.1, 0.15) is 42.1 Å². The van der Waals surface area contributed by atoms with Crippen LogP contribution in [-0.2, 0) is 4.84 Å². The molecule has 0 heterocycles. The number of nitrogens with one attached hydrogen (secondary N) is 1. The van der Waals surface area contributed by atoms with Crippen LogP contribution in [0.3, 0.4) is 0 Å². The first-order valence-corrected chi connectivity index (χ1v) is 5.13. The minimum Gasteiger partial charge on any atom is -0.277 e. The van der Waals surface area contributed by atoms with Crippen molar-refractivity contribution in [2.75, 3.05) is 7.11 Å². The van der Waals surface area contributed by atoms with E-state index in [4.69, 9.17) is 0 Å². The SMILES string of the molecule is CCC(C)c1ccccc1C(=O)NOC. The fraction of sp³-hybridized carbons (Fsp3) is 0.417. The summed E-state index contributed by atoms with van der Waals surface area (Å²) in [6.45, 7) is 4.22. The van der Waals surface area contributed by atoms with Gasteiger partial charge < -0.3 is 0 Å². The lowest BCUT2D eigenvalue weighted by Gasteiger charge is -2.13. The molecule has 1 amide bonds. The van der Waals surface area contributed by atoms with Gasteiger partial charge in [0.2, 0.25) is 0 Å². The van der Waals surface area contributed by atoms with Gasteiger partial charge in [-0.1, -0.05) is 32.0 Å². The first kappa shape index (κ1) is 11.7. The highest BCUT2D eigenvalue weighted by molar-refractivity contribution is 5.95. The second kappa shape index (κ2) is 5.51.